The second-order valence-electron chi connectivity index (χ2n) is 9.82. The largest absolute Gasteiger partial charge is 0.447 e. The Kier molecular flexibility index (Phi) is 9.73. The Morgan fingerprint density at radius 1 is 0.949 bits per heavy atom. The van der Waals surface area contributed by atoms with Crippen LogP contribution in [0.5, 0.6) is 0 Å². The molecule has 0 aromatic heterocycles. The molecule has 2 heterocycles. The molecule has 0 spiro atoms. The molecule has 2 aliphatic rings. The van der Waals surface area contributed by atoms with Gasteiger partial charge in [-0.2, -0.15) is 4.31 Å². The maximum absolute atomic E-state index is 13.4. The Balaban J connectivity index is 1.29. The zero-order chi connectivity index (χ0) is 27.7. The summed E-state index contributed by atoms with van der Waals surface area (Å²) in [5, 5.41) is 9.41. The molecule has 0 bridgehead atoms. The first-order valence-corrected chi connectivity index (χ1v) is 14.6. The minimum absolute atomic E-state index is 0.0757. The van der Waals surface area contributed by atoms with Crippen LogP contribution >= 0.6 is 0 Å². The molecule has 0 unspecified atom stereocenters. The lowest BCUT2D eigenvalue weighted by atomic mass is 9.79. The van der Waals surface area contributed by atoms with Crippen molar-refractivity contribution in [1.82, 2.24) is 14.7 Å². The second kappa shape index (κ2) is 13.2. The van der Waals surface area contributed by atoms with E-state index in [4.69, 9.17) is 9.47 Å². The zero-order valence-corrected chi connectivity index (χ0v) is 22.6. The molecule has 210 valence electrons. The van der Waals surface area contributed by atoms with Crippen LogP contribution in [0.4, 0.5) is 4.79 Å². The van der Waals surface area contributed by atoms with Crippen LogP contribution in [0, 0.1) is 5.41 Å². The number of hydroxylamine groups is 1. The summed E-state index contributed by atoms with van der Waals surface area (Å²) < 4.78 is 38.9. The number of rotatable bonds is 10. The van der Waals surface area contributed by atoms with Gasteiger partial charge in [0.1, 0.15) is 6.61 Å². The van der Waals surface area contributed by atoms with Crippen LogP contribution in [0.3, 0.4) is 0 Å². The van der Waals surface area contributed by atoms with Crippen LogP contribution in [0.2, 0.25) is 0 Å². The molecular formula is C28H35N3O7S. The van der Waals surface area contributed by atoms with Gasteiger partial charge < -0.3 is 14.4 Å². The van der Waals surface area contributed by atoms with E-state index < -0.39 is 33.2 Å². The fourth-order valence-electron chi connectivity index (χ4n) is 4.97. The summed E-state index contributed by atoms with van der Waals surface area (Å²) in [6.45, 7) is 1.51. The number of ether oxygens (including phenoxy) is 2. The van der Waals surface area contributed by atoms with E-state index in [9.17, 15) is 23.2 Å². The monoisotopic (exact) mass is 557 g/mol. The lowest BCUT2D eigenvalue weighted by Crippen LogP contribution is -2.54. The van der Waals surface area contributed by atoms with Crippen LogP contribution in [0.15, 0.2) is 66.7 Å². The standard InChI is InChI=1S/C28H35N3O7S/c32-26(29-34)28(22-39(35,36)31-15-11-25(12-16-31)24-9-5-2-6-10-24)13-17-30(18-14-28)27(33)38-20-19-37-21-23-7-3-1-4-8-23/h1-11,34H,12-22H2,(H,29,32). The highest BCUT2D eigenvalue weighted by molar-refractivity contribution is 7.89. The highest BCUT2D eigenvalue weighted by Crippen LogP contribution is 2.35. The molecule has 39 heavy (non-hydrogen) atoms. The predicted octanol–water partition coefficient (Wildman–Crippen LogP) is 3.05. The Morgan fingerprint density at radius 3 is 2.23 bits per heavy atom. The molecule has 2 aliphatic heterocycles. The summed E-state index contributed by atoms with van der Waals surface area (Å²) in [6, 6.07) is 19.5. The van der Waals surface area contributed by atoms with Crippen LogP contribution < -0.4 is 5.48 Å². The fourth-order valence-corrected chi connectivity index (χ4v) is 6.95. The van der Waals surface area contributed by atoms with Crippen molar-refractivity contribution in [3.63, 3.8) is 0 Å². The molecule has 1 saturated heterocycles. The molecule has 2 aromatic rings. The number of piperidine rings is 1. The first kappa shape index (κ1) is 28.8. The molecule has 2 aromatic carbocycles. The average Bonchev–Trinajstić information content (AvgIpc) is 2.97. The van der Waals surface area contributed by atoms with Gasteiger partial charge in [0.15, 0.2) is 0 Å². The van der Waals surface area contributed by atoms with Gasteiger partial charge in [-0.1, -0.05) is 66.7 Å². The van der Waals surface area contributed by atoms with E-state index in [1.54, 1.807) is 5.48 Å². The van der Waals surface area contributed by atoms with Gasteiger partial charge in [0.05, 0.1) is 24.4 Å². The number of carbonyl (C=O) groups is 2. The van der Waals surface area contributed by atoms with Gasteiger partial charge >= 0.3 is 6.09 Å². The molecule has 4 rings (SSSR count). The average molecular weight is 558 g/mol. The molecule has 2 N–H and O–H groups in total. The molecule has 1 fully saturated rings. The summed E-state index contributed by atoms with van der Waals surface area (Å²) in [7, 11) is -3.82. The number of benzene rings is 2. The number of likely N-dealkylation sites (tertiary alicyclic amines) is 1. The van der Waals surface area contributed by atoms with Crippen molar-refractivity contribution >= 4 is 27.6 Å². The second-order valence-corrected chi connectivity index (χ2v) is 11.8. The van der Waals surface area contributed by atoms with Crippen LogP contribution in [0.1, 0.15) is 30.4 Å². The van der Waals surface area contributed by atoms with Gasteiger partial charge in [-0.25, -0.2) is 18.7 Å². The van der Waals surface area contributed by atoms with Crippen molar-refractivity contribution in [3.8, 4) is 0 Å². The Hall–Kier alpha value is -3.25. The van der Waals surface area contributed by atoms with Gasteiger partial charge in [-0.05, 0) is 36.0 Å². The maximum Gasteiger partial charge on any atom is 0.409 e. The van der Waals surface area contributed by atoms with Crippen LogP contribution in [-0.4, -0.2) is 80.0 Å². The quantitative estimate of drug-likeness (QED) is 0.261. The minimum Gasteiger partial charge on any atom is -0.447 e. The Bertz CT molecular complexity index is 1240. The molecule has 0 radical (unpaired) electrons. The normalized spacial score (nSPS) is 17.8. The van der Waals surface area contributed by atoms with E-state index in [2.05, 4.69) is 0 Å². The zero-order valence-electron chi connectivity index (χ0n) is 21.8. The van der Waals surface area contributed by atoms with E-state index in [1.807, 2.05) is 66.7 Å². The molecule has 2 amide bonds. The van der Waals surface area contributed by atoms with Crippen molar-refractivity contribution in [2.75, 3.05) is 45.1 Å². The number of nitrogens with one attached hydrogen (secondary N) is 1. The lowest BCUT2D eigenvalue weighted by molar-refractivity contribution is -0.141. The summed E-state index contributed by atoms with van der Waals surface area (Å²) in [6.07, 6.45) is 2.08. The summed E-state index contributed by atoms with van der Waals surface area (Å²) in [4.78, 5) is 26.7. The minimum atomic E-state index is -3.82. The number of carbonyl (C=O) groups excluding carboxylic acids is 2. The first-order chi connectivity index (χ1) is 18.8. The predicted molar refractivity (Wildman–Crippen MR) is 145 cm³/mol. The number of hydrogen-bond donors (Lipinski definition) is 2. The van der Waals surface area contributed by atoms with Gasteiger partial charge in [0.2, 0.25) is 10.0 Å². The maximum atomic E-state index is 13.4. The summed E-state index contributed by atoms with van der Waals surface area (Å²) in [5.41, 5.74) is 3.46. The van der Waals surface area contributed by atoms with Gasteiger partial charge in [-0.15, -0.1) is 0 Å². The van der Waals surface area contributed by atoms with E-state index in [-0.39, 0.29) is 45.7 Å². The van der Waals surface area contributed by atoms with E-state index >= 15 is 0 Å². The molecule has 11 heteroatoms. The van der Waals surface area contributed by atoms with Crippen molar-refractivity contribution in [2.45, 2.75) is 25.9 Å². The van der Waals surface area contributed by atoms with Crippen LogP contribution in [-0.2, 0) is 30.9 Å². The van der Waals surface area contributed by atoms with Gasteiger partial charge in [-0.3, -0.25) is 10.0 Å². The van der Waals surface area contributed by atoms with Crippen molar-refractivity contribution in [2.24, 2.45) is 5.41 Å². The van der Waals surface area contributed by atoms with E-state index in [0.29, 0.717) is 19.6 Å². The van der Waals surface area contributed by atoms with E-state index in [1.165, 1.54) is 9.21 Å². The third kappa shape index (κ3) is 7.45. The number of sulfonamides is 1. The third-order valence-electron chi connectivity index (χ3n) is 7.30. The van der Waals surface area contributed by atoms with Crippen LogP contribution in [0.25, 0.3) is 5.57 Å². The molecule has 0 atom stereocenters. The highest BCUT2D eigenvalue weighted by Gasteiger charge is 2.47. The topological polar surface area (TPSA) is 125 Å². The summed E-state index contributed by atoms with van der Waals surface area (Å²) >= 11 is 0. The highest BCUT2D eigenvalue weighted by atomic mass is 32.2. The lowest BCUT2D eigenvalue weighted by Gasteiger charge is -2.40. The van der Waals surface area contributed by atoms with Crippen molar-refractivity contribution in [3.05, 3.63) is 77.9 Å². The van der Waals surface area contributed by atoms with Crippen molar-refractivity contribution in [1.29, 1.82) is 0 Å². The first-order valence-electron chi connectivity index (χ1n) is 13.0. The van der Waals surface area contributed by atoms with Gasteiger partial charge in [0, 0.05) is 26.2 Å². The smallest absolute Gasteiger partial charge is 0.409 e. The Labute approximate surface area is 229 Å². The molecule has 0 saturated carbocycles. The SMILES string of the molecule is O=C(OCCOCc1ccccc1)N1CCC(CS(=O)(=O)N2CC=C(c3ccccc3)CC2)(C(=O)NO)CC1. The third-order valence-corrected chi connectivity index (χ3v) is 9.33. The number of nitrogens with zero attached hydrogens (tertiary/aromatic N) is 2. The fraction of sp³-hybridized carbons (Fsp3) is 0.429. The molecular weight excluding hydrogens is 522 g/mol. The molecule has 10 nitrogen and oxygen atoms in total. The van der Waals surface area contributed by atoms with E-state index in [0.717, 1.165) is 16.7 Å². The number of amides is 2. The Morgan fingerprint density at radius 2 is 1.62 bits per heavy atom. The van der Waals surface area contributed by atoms with Gasteiger partial charge in [0.25, 0.3) is 5.91 Å². The molecule has 0 aliphatic carbocycles. The number of hydrogen-bond acceptors (Lipinski definition) is 7. The summed E-state index contributed by atoms with van der Waals surface area (Å²) in [5.74, 6) is -1.21. The van der Waals surface area contributed by atoms with Crippen molar-refractivity contribution < 1.29 is 32.7 Å².